The number of sulfonamides is 1. The molecule has 5 nitrogen and oxygen atoms in total. The van der Waals surface area contributed by atoms with Crippen LogP contribution in [0.3, 0.4) is 0 Å². The summed E-state index contributed by atoms with van der Waals surface area (Å²) < 4.78 is 44.5. The van der Waals surface area contributed by atoms with Gasteiger partial charge < -0.3 is 9.73 Å². The molecule has 2 rings (SSSR count). The molecule has 0 bridgehead atoms. The molecule has 0 saturated heterocycles. The summed E-state index contributed by atoms with van der Waals surface area (Å²) in [5.74, 6) is -0.0250. The Hall–Kier alpha value is -1.38. The average Bonchev–Trinajstić information content (AvgIpc) is 2.88. The van der Waals surface area contributed by atoms with Crippen molar-refractivity contribution in [1.29, 1.82) is 0 Å². The molecule has 0 fully saturated rings. The smallest absolute Gasteiger partial charge is 0.273 e. The monoisotopic (exact) mass is 362 g/mol. The Morgan fingerprint density at radius 2 is 2.05 bits per heavy atom. The number of hydrogen-bond donors (Lipinski definition) is 2. The zero-order chi connectivity index (χ0) is 14.8. The summed E-state index contributed by atoms with van der Waals surface area (Å²) in [6.45, 7) is 0.165. The Morgan fingerprint density at radius 3 is 2.70 bits per heavy atom. The second-order valence-electron chi connectivity index (χ2n) is 3.88. The standard InChI is InChI=1S/C12H12BrFN2O3S/c1-15-20(17,18)11-6-5-8(19-11)7-16-12-9(13)3-2-4-10(12)14/h2-6,15-16H,7H2,1H3. The minimum atomic E-state index is -3.60. The van der Waals surface area contributed by atoms with Gasteiger partial charge in [0.15, 0.2) is 0 Å². The third-order valence-electron chi connectivity index (χ3n) is 2.57. The summed E-state index contributed by atoms with van der Waals surface area (Å²) in [7, 11) is -2.31. The van der Waals surface area contributed by atoms with Gasteiger partial charge in [-0.15, -0.1) is 0 Å². The van der Waals surface area contributed by atoms with Crippen molar-refractivity contribution in [2.75, 3.05) is 12.4 Å². The van der Waals surface area contributed by atoms with Crippen LogP contribution in [0.1, 0.15) is 5.76 Å². The van der Waals surface area contributed by atoms with E-state index in [0.717, 1.165) is 0 Å². The first-order valence-corrected chi connectivity index (χ1v) is 7.92. The van der Waals surface area contributed by atoms with Crippen LogP contribution in [0.4, 0.5) is 10.1 Å². The zero-order valence-electron chi connectivity index (χ0n) is 10.5. The summed E-state index contributed by atoms with van der Waals surface area (Å²) in [4.78, 5) is 0. The van der Waals surface area contributed by atoms with E-state index in [2.05, 4.69) is 26.0 Å². The third kappa shape index (κ3) is 3.20. The second-order valence-corrected chi connectivity index (χ2v) is 6.55. The van der Waals surface area contributed by atoms with Gasteiger partial charge in [0, 0.05) is 4.47 Å². The Balaban J connectivity index is 2.13. The fraction of sp³-hybridized carbons (Fsp3) is 0.167. The van der Waals surface area contributed by atoms with E-state index in [1.165, 1.54) is 25.2 Å². The van der Waals surface area contributed by atoms with Crippen molar-refractivity contribution in [3.05, 3.63) is 46.4 Å². The van der Waals surface area contributed by atoms with Crippen LogP contribution < -0.4 is 10.0 Å². The molecule has 1 heterocycles. The summed E-state index contributed by atoms with van der Waals surface area (Å²) in [6, 6.07) is 7.47. The predicted molar refractivity (Wildman–Crippen MR) is 76.4 cm³/mol. The van der Waals surface area contributed by atoms with E-state index in [4.69, 9.17) is 4.42 Å². The third-order valence-corrected chi connectivity index (χ3v) is 4.52. The molecule has 108 valence electrons. The van der Waals surface area contributed by atoms with Crippen molar-refractivity contribution < 1.29 is 17.2 Å². The van der Waals surface area contributed by atoms with Crippen LogP contribution in [-0.4, -0.2) is 15.5 Å². The van der Waals surface area contributed by atoms with Crippen molar-refractivity contribution in [2.24, 2.45) is 0 Å². The van der Waals surface area contributed by atoms with Crippen LogP contribution in [0, 0.1) is 5.82 Å². The maximum Gasteiger partial charge on any atom is 0.273 e. The Kier molecular flexibility index (Phi) is 4.46. The van der Waals surface area contributed by atoms with E-state index in [1.807, 2.05) is 0 Å². The molecule has 0 radical (unpaired) electrons. The average molecular weight is 363 g/mol. The lowest BCUT2D eigenvalue weighted by molar-refractivity contribution is 0.417. The van der Waals surface area contributed by atoms with Gasteiger partial charge in [-0.2, -0.15) is 0 Å². The Morgan fingerprint density at radius 1 is 1.30 bits per heavy atom. The highest BCUT2D eigenvalue weighted by Gasteiger charge is 2.16. The van der Waals surface area contributed by atoms with Gasteiger partial charge in [0.1, 0.15) is 11.6 Å². The molecule has 0 atom stereocenters. The quantitative estimate of drug-likeness (QED) is 0.857. The van der Waals surface area contributed by atoms with Crippen molar-refractivity contribution in [2.45, 2.75) is 11.6 Å². The molecule has 0 aliphatic carbocycles. The molecule has 8 heteroatoms. The molecule has 20 heavy (non-hydrogen) atoms. The molecular weight excluding hydrogens is 351 g/mol. The molecule has 0 amide bonds. The Bertz CT molecular complexity index is 695. The first kappa shape index (κ1) is 15.0. The van der Waals surface area contributed by atoms with Gasteiger partial charge in [-0.3, -0.25) is 0 Å². The molecular formula is C12H12BrFN2O3S. The predicted octanol–water partition coefficient (Wildman–Crippen LogP) is 2.70. The largest absolute Gasteiger partial charge is 0.446 e. The molecule has 0 aliphatic heterocycles. The van der Waals surface area contributed by atoms with Crippen molar-refractivity contribution >= 4 is 31.6 Å². The maximum atomic E-state index is 13.6. The van der Waals surface area contributed by atoms with Gasteiger partial charge in [0.2, 0.25) is 5.09 Å². The minimum Gasteiger partial charge on any atom is -0.446 e. The lowest BCUT2D eigenvalue weighted by Crippen LogP contribution is -2.17. The molecule has 1 aromatic heterocycles. The normalized spacial score (nSPS) is 11.6. The fourth-order valence-corrected chi connectivity index (χ4v) is 2.69. The number of rotatable bonds is 5. The first-order valence-electron chi connectivity index (χ1n) is 5.64. The van der Waals surface area contributed by atoms with Crippen molar-refractivity contribution in [1.82, 2.24) is 4.72 Å². The topological polar surface area (TPSA) is 71.3 Å². The summed E-state index contributed by atoms with van der Waals surface area (Å²) >= 11 is 3.23. The van der Waals surface area contributed by atoms with Gasteiger partial charge in [0.25, 0.3) is 10.0 Å². The fourth-order valence-electron chi connectivity index (χ4n) is 1.54. The van der Waals surface area contributed by atoms with E-state index < -0.39 is 15.8 Å². The SMILES string of the molecule is CNS(=O)(=O)c1ccc(CNc2c(F)cccc2Br)o1. The van der Waals surface area contributed by atoms with Gasteiger partial charge >= 0.3 is 0 Å². The van der Waals surface area contributed by atoms with Gasteiger partial charge in [-0.05, 0) is 47.2 Å². The number of anilines is 1. The Labute approximate surface area is 124 Å². The number of para-hydroxylation sites is 1. The van der Waals surface area contributed by atoms with Crippen LogP contribution in [0.5, 0.6) is 0 Å². The van der Waals surface area contributed by atoms with Crippen LogP contribution in [0.15, 0.2) is 44.3 Å². The minimum absolute atomic E-state index is 0.165. The molecule has 2 aromatic rings. The van der Waals surface area contributed by atoms with Crippen LogP contribution >= 0.6 is 15.9 Å². The van der Waals surface area contributed by atoms with Crippen molar-refractivity contribution in [3.8, 4) is 0 Å². The summed E-state index contributed by atoms with van der Waals surface area (Å²) in [6.07, 6.45) is 0. The molecule has 0 spiro atoms. The number of furan rings is 1. The highest BCUT2D eigenvalue weighted by atomic mass is 79.9. The van der Waals surface area contributed by atoms with Crippen LogP contribution in [0.25, 0.3) is 0 Å². The van der Waals surface area contributed by atoms with E-state index in [0.29, 0.717) is 15.9 Å². The number of hydrogen-bond acceptors (Lipinski definition) is 4. The number of benzene rings is 1. The maximum absolute atomic E-state index is 13.6. The van der Waals surface area contributed by atoms with E-state index >= 15 is 0 Å². The highest BCUT2D eigenvalue weighted by molar-refractivity contribution is 9.10. The molecule has 2 N–H and O–H groups in total. The van der Waals surface area contributed by atoms with Gasteiger partial charge in [0.05, 0.1) is 12.2 Å². The first-order chi connectivity index (χ1) is 9.44. The van der Waals surface area contributed by atoms with E-state index in [1.54, 1.807) is 12.1 Å². The number of nitrogens with one attached hydrogen (secondary N) is 2. The van der Waals surface area contributed by atoms with E-state index in [-0.39, 0.29) is 11.6 Å². The van der Waals surface area contributed by atoms with E-state index in [9.17, 15) is 12.8 Å². The molecule has 1 aromatic carbocycles. The van der Waals surface area contributed by atoms with Crippen LogP contribution in [0.2, 0.25) is 0 Å². The summed E-state index contributed by atoms with van der Waals surface area (Å²) in [5, 5.41) is 2.67. The second kappa shape index (κ2) is 5.94. The number of halogens is 2. The molecule has 0 saturated carbocycles. The van der Waals surface area contributed by atoms with Gasteiger partial charge in [-0.25, -0.2) is 17.5 Å². The lowest BCUT2D eigenvalue weighted by atomic mass is 10.3. The van der Waals surface area contributed by atoms with Gasteiger partial charge in [-0.1, -0.05) is 6.07 Å². The zero-order valence-corrected chi connectivity index (χ0v) is 12.9. The lowest BCUT2D eigenvalue weighted by Gasteiger charge is -2.07. The van der Waals surface area contributed by atoms with Crippen LogP contribution in [-0.2, 0) is 16.6 Å². The van der Waals surface area contributed by atoms with Crippen molar-refractivity contribution in [3.63, 3.8) is 0 Å². The summed E-state index contributed by atoms with van der Waals surface area (Å²) in [5.41, 5.74) is 0.293. The molecule has 0 unspecified atom stereocenters. The molecule has 0 aliphatic rings. The highest BCUT2D eigenvalue weighted by Crippen LogP contribution is 2.26.